The SMILES string of the molecule is COc1ccc(OC)c(NC(=O)Cc2cc(-c3ccc(Cl)cc3)on2)c1. The fourth-order valence-electron chi connectivity index (χ4n) is 2.42. The van der Waals surface area contributed by atoms with Crippen molar-refractivity contribution in [3.63, 3.8) is 0 Å². The summed E-state index contributed by atoms with van der Waals surface area (Å²) in [5.41, 5.74) is 1.88. The molecular weight excluding hydrogens is 356 g/mol. The predicted octanol–water partition coefficient (Wildman–Crippen LogP) is 4.19. The number of nitrogens with one attached hydrogen (secondary N) is 1. The standard InChI is InChI=1S/C19H17ClN2O4/c1-24-15-7-8-17(25-2)16(11-15)21-19(23)10-14-9-18(26-22-14)12-3-5-13(20)6-4-12/h3-9,11H,10H2,1-2H3,(H,21,23). The van der Waals surface area contributed by atoms with Crippen molar-refractivity contribution in [2.24, 2.45) is 0 Å². The highest BCUT2D eigenvalue weighted by Crippen LogP contribution is 2.29. The van der Waals surface area contributed by atoms with Gasteiger partial charge in [0.1, 0.15) is 11.5 Å². The van der Waals surface area contributed by atoms with Gasteiger partial charge in [0.05, 0.1) is 32.0 Å². The maximum Gasteiger partial charge on any atom is 0.230 e. The van der Waals surface area contributed by atoms with E-state index in [2.05, 4.69) is 10.5 Å². The van der Waals surface area contributed by atoms with Gasteiger partial charge in [-0.2, -0.15) is 0 Å². The molecule has 6 nitrogen and oxygen atoms in total. The van der Waals surface area contributed by atoms with Gasteiger partial charge in [-0.1, -0.05) is 16.8 Å². The van der Waals surface area contributed by atoms with Gasteiger partial charge in [0.15, 0.2) is 5.76 Å². The average molecular weight is 373 g/mol. The van der Waals surface area contributed by atoms with E-state index in [0.717, 1.165) is 5.56 Å². The van der Waals surface area contributed by atoms with Crippen molar-refractivity contribution < 1.29 is 18.8 Å². The number of amides is 1. The second kappa shape index (κ2) is 7.93. The van der Waals surface area contributed by atoms with Crippen molar-refractivity contribution >= 4 is 23.2 Å². The highest BCUT2D eigenvalue weighted by atomic mass is 35.5. The molecule has 0 aliphatic heterocycles. The third-order valence-electron chi connectivity index (χ3n) is 3.71. The van der Waals surface area contributed by atoms with E-state index >= 15 is 0 Å². The van der Waals surface area contributed by atoms with Gasteiger partial charge in [0, 0.05) is 22.7 Å². The normalized spacial score (nSPS) is 10.4. The molecule has 3 aromatic rings. The molecule has 1 aromatic heterocycles. The molecule has 0 fully saturated rings. The monoisotopic (exact) mass is 372 g/mol. The summed E-state index contributed by atoms with van der Waals surface area (Å²) in [4.78, 5) is 12.3. The van der Waals surface area contributed by atoms with Gasteiger partial charge in [-0.15, -0.1) is 0 Å². The van der Waals surface area contributed by atoms with E-state index in [4.69, 9.17) is 25.6 Å². The first-order valence-electron chi connectivity index (χ1n) is 7.82. The molecule has 1 amide bonds. The van der Waals surface area contributed by atoms with E-state index in [1.807, 2.05) is 12.1 Å². The summed E-state index contributed by atoms with van der Waals surface area (Å²) in [5, 5.41) is 7.39. The van der Waals surface area contributed by atoms with Crippen LogP contribution in [0, 0.1) is 0 Å². The Labute approximate surface area is 155 Å². The van der Waals surface area contributed by atoms with Crippen molar-refractivity contribution in [3.8, 4) is 22.8 Å². The number of carbonyl (C=O) groups excluding carboxylic acids is 1. The van der Waals surface area contributed by atoms with Gasteiger partial charge < -0.3 is 19.3 Å². The van der Waals surface area contributed by atoms with Crippen LogP contribution in [0.5, 0.6) is 11.5 Å². The number of hydrogen-bond acceptors (Lipinski definition) is 5. The van der Waals surface area contributed by atoms with Gasteiger partial charge in [-0.05, 0) is 36.4 Å². The zero-order chi connectivity index (χ0) is 18.5. The number of aromatic nitrogens is 1. The molecular formula is C19H17ClN2O4. The Bertz CT molecular complexity index is 906. The Hall–Kier alpha value is -2.99. The lowest BCUT2D eigenvalue weighted by Crippen LogP contribution is -2.15. The minimum absolute atomic E-state index is 0.0669. The molecule has 0 aliphatic rings. The van der Waals surface area contributed by atoms with E-state index < -0.39 is 0 Å². The maximum atomic E-state index is 12.3. The molecule has 1 heterocycles. The smallest absolute Gasteiger partial charge is 0.230 e. The Balaban J connectivity index is 1.70. The highest BCUT2D eigenvalue weighted by Gasteiger charge is 2.13. The largest absolute Gasteiger partial charge is 0.497 e. The van der Waals surface area contributed by atoms with Crippen LogP contribution in [0.15, 0.2) is 53.1 Å². The molecule has 0 bridgehead atoms. The number of rotatable bonds is 6. The summed E-state index contributed by atoms with van der Waals surface area (Å²) in [6.07, 6.45) is 0.0669. The summed E-state index contributed by atoms with van der Waals surface area (Å²) in [6.45, 7) is 0. The molecule has 134 valence electrons. The number of anilines is 1. The molecule has 0 aliphatic carbocycles. The first-order valence-corrected chi connectivity index (χ1v) is 8.20. The number of methoxy groups -OCH3 is 2. The quantitative estimate of drug-likeness (QED) is 0.702. The number of nitrogens with zero attached hydrogens (tertiary/aromatic N) is 1. The fourth-order valence-corrected chi connectivity index (χ4v) is 2.54. The fraction of sp³-hybridized carbons (Fsp3) is 0.158. The summed E-state index contributed by atoms with van der Waals surface area (Å²) in [7, 11) is 3.09. The van der Waals surface area contributed by atoms with Crippen LogP contribution in [0.1, 0.15) is 5.69 Å². The van der Waals surface area contributed by atoms with E-state index in [9.17, 15) is 4.79 Å². The molecule has 3 rings (SSSR count). The molecule has 26 heavy (non-hydrogen) atoms. The minimum Gasteiger partial charge on any atom is -0.497 e. The zero-order valence-electron chi connectivity index (χ0n) is 14.3. The molecule has 0 saturated heterocycles. The number of carbonyl (C=O) groups is 1. The molecule has 0 spiro atoms. The topological polar surface area (TPSA) is 73.6 Å². The van der Waals surface area contributed by atoms with E-state index in [1.165, 1.54) is 7.11 Å². The second-order valence-electron chi connectivity index (χ2n) is 5.48. The lowest BCUT2D eigenvalue weighted by atomic mass is 10.1. The summed E-state index contributed by atoms with van der Waals surface area (Å²) in [6, 6.07) is 14.1. The molecule has 0 saturated carbocycles. The lowest BCUT2D eigenvalue weighted by Gasteiger charge is -2.11. The molecule has 2 aromatic carbocycles. The third-order valence-corrected chi connectivity index (χ3v) is 3.96. The van der Waals surface area contributed by atoms with Crippen LogP contribution < -0.4 is 14.8 Å². The van der Waals surface area contributed by atoms with Crippen molar-refractivity contribution in [1.82, 2.24) is 5.16 Å². The summed E-state index contributed by atoms with van der Waals surface area (Å²) in [5.74, 6) is 1.49. The Kier molecular flexibility index (Phi) is 5.43. The number of hydrogen-bond donors (Lipinski definition) is 1. The first kappa shape index (κ1) is 17.8. The Morgan fingerprint density at radius 3 is 2.58 bits per heavy atom. The predicted molar refractivity (Wildman–Crippen MR) is 98.8 cm³/mol. The van der Waals surface area contributed by atoms with Crippen LogP contribution in [-0.2, 0) is 11.2 Å². The number of halogens is 1. The van der Waals surface area contributed by atoms with Crippen molar-refractivity contribution in [2.75, 3.05) is 19.5 Å². The van der Waals surface area contributed by atoms with Crippen LogP contribution in [0.25, 0.3) is 11.3 Å². The highest BCUT2D eigenvalue weighted by molar-refractivity contribution is 6.30. The van der Waals surface area contributed by atoms with Crippen LogP contribution in [-0.4, -0.2) is 25.3 Å². The summed E-state index contributed by atoms with van der Waals surface area (Å²) >= 11 is 5.88. The molecule has 0 unspecified atom stereocenters. The molecule has 0 atom stereocenters. The zero-order valence-corrected chi connectivity index (χ0v) is 15.0. The van der Waals surface area contributed by atoms with Crippen LogP contribution >= 0.6 is 11.6 Å². The number of benzene rings is 2. The van der Waals surface area contributed by atoms with Crippen molar-refractivity contribution in [3.05, 3.63) is 59.2 Å². The Morgan fingerprint density at radius 2 is 1.88 bits per heavy atom. The van der Waals surface area contributed by atoms with Gasteiger partial charge in [0.25, 0.3) is 0 Å². The lowest BCUT2D eigenvalue weighted by molar-refractivity contribution is -0.115. The van der Waals surface area contributed by atoms with Crippen LogP contribution in [0.4, 0.5) is 5.69 Å². The number of ether oxygens (including phenoxy) is 2. The van der Waals surface area contributed by atoms with Crippen LogP contribution in [0.2, 0.25) is 5.02 Å². The first-order chi connectivity index (χ1) is 12.6. The molecule has 7 heteroatoms. The Morgan fingerprint density at radius 1 is 1.12 bits per heavy atom. The summed E-state index contributed by atoms with van der Waals surface area (Å²) < 4.78 is 15.7. The van der Waals surface area contributed by atoms with Gasteiger partial charge in [-0.25, -0.2) is 0 Å². The maximum absolute atomic E-state index is 12.3. The van der Waals surface area contributed by atoms with Crippen LogP contribution in [0.3, 0.4) is 0 Å². The van der Waals surface area contributed by atoms with Crippen molar-refractivity contribution in [2.45, 2.75) is 6.42 Å². The van der Waals surface area contributed by atoms with E-state index in [1.54, 1.807) is 43.5 Å². The third kappa shape index (κ3) is 4.15. The van der Waals surface area contributed by atoms with Crippen molar-refractivity contribution in [1.29, 1.82) is 0 Å². The van der Waals surface area contributed by atoms with Gasteiger partial charge in [-0.3, -0.25) is 4.79 Å². The average Bonchev–Trinajstić information content (AvgIpc) is 3.10. The van der Waals surface area contributed by atoms with Gasteiger partial charge >= 0.3 is 0 Å². The van der Waals surface area contributed by atoms with E-state index in [0.29, 0.717) is 33.7 Å². The molecule has 1 N–H and O–H groups in total. The minimum atomic E-state index is -0.243. The molecule has 0 radical (unpaired) electrons. The second-order valence-corrected chi connectivity index (χ2v) is 5.92. The van der Waals surface area contributed by atoms with Gasteiger partial charge in [0.2, 0.25) is 5.91 Å². The van der Waals surface area contributed by atoms with E-state index in [-0.39, 0.29) is 12.3 Å².